The van der Waals surface area contributed by atoms with Crippen molar-refractivity contribution in [1.29, 1.82) is 0 Å². The molecule has 2 N–H and O–H groups in total. The summed E-state index contributed by atoms with van der Waals surface area (Å²) in [6, 6.07) is 11.0. The molecule has 1 aliphatic heterocycles. The smallest absolute Gasteiger partial charge is 0.254 e. The van der Waals surface area contributed by atoms with E-state index in [1.165, 1.54) is 30.2 Å². The summed E-state index contributed by atoms with van der Waals surface area (Å²) in [6.07, 6.45) is 5.78. The molecule has 1 aliphatic carbocycles. The number of anilines is 1. The minimum atomic E-state index is -4.02. The Morgan fingerprint density at radius 2 is 1.69 bits per heavy atom. The predicted molar refractivity (Wildman–Crippen MR) is 190 cm³/mol. The number of amides is 1. The van der Waals surface area contributed by atoms with Gasteiger partial charge in [0.05, 0.1) is 28.6 Å². The number of fused-ring (bicyclic) bond motifs is 2. The molecule has 1 amide bonds. The summed E-state index contributed by atoms with van der Waals surface area (Å²) in [7, 11) is -7.25. The van der Waals surface area contributed by atoms with Crippen molar-refractivity contribution in [2.75, 3.05) is 49.1 Å². The van der Waals surface area contributed by atoms with Crippen molar-refractivity contribution >= 4 is 59.7 Å². The average Bonchev–Trinajstić information content (AvgIpc) is 3.51. The van der Waals surface area contributed by atoms with Crippen LogP contribution in [-0.4, -0.2) is 97.5 Å². The van der Waals surface area contributed by atoms with Crippen LogP contribution in [0.15, 0.2) is 47.4 Å². The first-order valence-electron chi connectivity index (χ1n) is 16.9. The molecule has 6 rings (SSSR count). The summed E-state index contributed by atoms with van der Waals surface area (Å²) in [5, 5.41) is 9.97. The third-order valence-corrected chi connectivity index (χ3v) is 12.8. The van der Waals surface area contributed by atoms with Crippen LogP contribution in [-0.2, 0) is 31.2 Å². The Kier molecular flexibility index (Phi) is 10.7. The number of halogens is 1. The quantitative estimate of drug-likeness (QED) is 0.221. The molecule has 2 aromatic carbocycles. The highest BCUT2D eigenvalue weighted by molar-refractivity contribution is 7.91. The molecule has 0 spiro atoms. The third-order valence-electron chi connectivity index (χ3n) is 9.49. The summed E-state index contributed by atoms with van der Waals surface area (Å²) in [6.45, 7) is 5.59. The van der Waals surface area contributed by atoms with Crippen LogP contribution >= 0.6 is 11.6 Å². The van der Waals surface area contributed by atoms with Gasteiger partial charge in [0.2, 0.25) is 15.9 Å². The highest BCUT2D eigenvalue weighted by Crippen LogP contribution is 2.33. The van der Waals surface area contributed by atoms with Gasteiger partial charge in [0.25, 0.3) is 5.78 Å². The van der Waals surface area contributed by atoms with Gasteiger partial charge in [-0.3, -0.25) is 10.1 Å². The summed E-state index contributed by atoms with van der Waals surface area (Å²) in [5.41, 5.74) is 1.01. The monoisotopic (exact) mass is 730 g/mol. The van der Waals surface area contributed by atoms with Crippen LogP contribution in [0.2, 0.25) is 5.02 Å². The standard InChI is InChI=1S/C33H43ClN8O5S2/c1-3-40(4-2)31-20-28(23-8-6-5-7-9-23)37-33-38-30(39-42(31)33)22-35-29(32(43)41-14-16-48(44,45)17-15-41)21-36-49(46,47)27-13-11-24-18-26(34)12-10-25(24)19-27/h10-13,18-20,23,29,35-36H,3-9,14-17,21-22H2,1-2H3. The highest BCUT2D eigenvalue weighted by Gasteiger charge is 2.31. The molecule has 1 saturated heterocycles. The van der Waals surface area contributed by atoms with E-state index in [-0.39, 0.29) is 42.6 Å². The Morgan fingerprint density at radius 3 is 2.41 bits per heavy atom. The first-order valence-corrected chi connectivity index (χ1v) is 20.6. The van der Waals surface area contributed by atoms with Crippen molar-refractivity contribution in [3.8, 4) is 0 Å². The maximum absolute atomic E-state index is 13.8. The van der Waals surface area contributed by atoms with E-state index in [0.29, 0.717) is 27.9 Å². The topological polar surface area (TPSA) is 159 Å². The number of carbonyl (C=O) groups is 1. The highest BCUT2D eigenvalue weighted by atomic mass is 35.5. The summed E-state index contributed by atoms with van der Waals surface area (Å²) < 4.78 is 55.3. The van der Waals surface area contributed by atoms with E-state index in [2.05, 4.69) is 34.9 Å². The van der Waals surface area contributed by atoms with Gasteiger partial charge in [0, 0.05) is 49.7 Å². The molecular formula is C33H43ClN8O5S2. The van der Waals surface area contributed by atoms with Crippen LogP contribution in [0.5, 0.6) is 0 Å². The first-order chi connectivity index (χ1) is 23.5. The van der Waals surface area contributed by atoms with Crippen LogP contribution in [0.4, 0.5) is 5.82 Å². The van der Waals surface area contributed by atoms with Crippen LogP contribution < -0.4 is 14.9 Å². The number of rotatable bonds is 12. The zero-order valence-corrected chi connectivity index (χ0v) is 30.2. The molecule has 264 valence electrons. The fourth-order valence-electron chi connectivity index (χ4n) is 6.62. The number of sulfone groups is 1. The van der Waals surface area contributed by atoms with Crippen molar-refractivity contribution in [3.05, 3.63) is 59.0 Å². The SMILES string of the molecule is CCN(CC)c1cc(C2CCCCC2)nc2nc(CNC(CNS(=O)(=O)c3ccc4cc(Cl)ccc4c3)C(=O)N3CCS(=O)(=O)CC3)nn12. The lowest BCUT2D eigenvalue weighted by Crippen LogP contribution is -2.55. The summed E-state index contributed by atoms with van der Waals surface area (Å²) in [5.74, 6) is 1.46. The van der Waals surface area contributed by atoms with Crippen molar-refractivity contribution in [2.24, 2.45) is 0 Å². The molecule has 1 saturated carbocycles. The van der Waals surface area contributed by atoms with Crippen LogP contribution in [0.1, 0.15) is 63.4 Å². The van der Waals surface area contributed by atoms with Crippen molar-refractivity contribution < 1.29 is 21.6 Å². The fraction of sp³-hybridized carbons (Fsp3) is 0.515. The zero-order valence-electron chi connectivity index (χ0n) is 27.8. The second-order valence-corrected chi connectivity index (χ2v) is 17.2. The maximum atomic E-state index is 13.8. The molecule has 49 heavy (non-hydrogen) atoms. The summed E-state index contributed by atoms with van der Waals surface area (Å²) >= 11 is 6.09. The van der Waals surface area contributed by atoms with E-state index in [9.17, 15) is 21.6 Å². The Balaban J connectivity index is 1.25. The van der Waals surface area contributed by atoms with Gasteiger partial charge < -0.3 is 9.80 Å². The first kappa shape index (κ1) is 35.5. The molecule has 0 bridgehead atoms. The number of sulfonamides is 1. The molecule has 0 radical (unpaired) electrons. The molecule has 2 aliphatic rings. The van der Waals surface area contributed by atoms with Crippen LogP contribution in [0, 0.1) is 0 Å². The lowest BCUT2D eigenvalue weighted by Gasteiger charge is -2.30. The number of nitrogens with one attached hydrogen (secondary N) is 2. The fourth-order valence-corrected chi connectivity index (χ4v) is 9.08. The molecule has 2 fully saturated rings. The Bertz CT molecular complexity index is 2030. The van der Waals surface area contributed by atoms with E-state index in [0.717, 1.165) is 42.8 Å². The second kappa shape index (κ2) is 14.9. The van der Waals surface area contributed by atoms with Gasteiger partial charge in [-0.1, -0.05) is 43.0 Å². The molecule has 3 heterocycles. The molecular weight excluding hydrogens is 688 g/mol. The van der Waals surface area contributed by atoms with Crippen molar-refractivity contribution in [3.63, 3.8) is 0 Å². The molecule has 4 aromatic rings. The van der Waals surface area contributed by atoms with E-state index < -0.39 is 31.8 Å². The van der Waals surface area contributed by atoms with E-state index in [1.807, 2.05) is 0 Å². The number of hydrogen-bond donors (Lipinski definition) is 2. The van der Waals surface area contributed by atoms with E-state index in [1.54, 1.807) is 34.8 Å². The van der Waals surface area contributed by atoms with Gasteiger partial charge in [-0.2, -0.15) is 9.50 Å². The lowest BCUT2D eigenvalue weighted by atomic mass is 9.87. The molecule has 2 aromatic heterocycles. The Hall–Kier alpha value is -3.37. The molecule has 13 nitrogen and oxygen atoms in total. The normalized spacial score (nSPS) is 17.8. The van der Waals surface area contributed by atoms with Crippen LogP contribution in [0.3, 0.4) is 0 Å². The van der Waals surface area contributed by atoms with E-state index in [4.69, 9.17) is 26.7 Å². The van der Waals surface area contributed by atoms with Gasteiger partial charge in [0.1, 0.15) is 11.9 Å². The lowest BCUT2D eigenvalue weighted by molar-refractivity contribution is -0.133. The number of aromatic nitrogens is 4. The van der Waals surface area contributed by atoms with Gasteiger partial charge >= 0.3 is 0 Å². The Morgan fingerprint density at radius 1 is 1.00 bits per heavy atom. The second-order valence-electron chi connectivity index (χ2n) is 12.7. The zero-order chi connectivity index (χ0) is 34.8. The molecule has 1 unspecified atom stereocenters. The van der Waals surface area contributed by atoms with Gasteiger partial charge in [-0.15, -0.1) is 5.10 Å². The Labute approximate surface area is 292 Å². The van der Waals surface area contributed by atoms with Gasteiger partial charge in [0.15, 0.2) is 15.7 Å². The predicted octanol–water partition coefficient (Wildman–Crippen LogP) is 3.52. The molecule has 1 atom stereocenters. The minimum Gasteiger partial charge on any atom is -0.357 e. The number of carbonyl (C=O) groups excluding carboxylic acids is 1. The largest absolute Gasteiger partial charge is 0.357 e. The molecule has 16 heteroatoms. The van der Waals surface area contributed by atoms with Gasteiger partial charge in [-0.25, -0.2) is 26.5 Å². The summed E-state index contributed by atoms with van der Waals surface area (Å²) in [4.78, 5) is 27.1. The number of hydrogen-bond acceptors (Lipinski definition) is 10. The van der Waals surface area contributed by atoms with E-state index >= 15 is 0 Å². The van der Waals surface area contributed by atoms with Gasteiger partial charge in [-0.05, 0) is 61.7 Å². The van der Waals surface area contributed by atoms with Crippen molar-refractivity contribution in [2.45, 2.75) is 69.4 Å². The number of nitrogens with zero attached hydrogens (tertiary/aromatic N) is 6. The minimum absolute atomic E-state index is 0.0348. The number of benzene rings is 2. The maximum Gasteiger partial charge on any atom is 0.254 e. The van der Waals surface area contributed by atoms with Crippen LogP contribution in [0.25, 0.3) is 16.6 Å². The third kappa shape index (κ3) is 8.17. The average molecular weight is 731 g/mol. The van der Waals surface area contributed by atoms with Crippen molar-refractivity contribution in [1.82, 2.24) is 34.5 Å².